The third-order valence-corrected chi connectivity index (χ3v) is 6.03. The van der Waals surface area contributed by atoms with E-state index >= 15 is 0 Å². The molecule has 0 aliphatic carbocycles. The molecule has 1 aromatic rings. The number of pyridine rings is 1. The van der Waals surface area contributed by atoms with Gasteiger partial charge in [0.25, 0.3) is 0 Å². The first-order chi connectivity index (χ1) is 11.3. The lowest BCUT2D eigenvalue weighted by Gasteiger charge is -2.41. The van der Waals surface area contributed by atoms with E-state index in [1.54, 1.807) is 0 Å². The summed E-state index contributed by atoms with van der Waals surface area (Å²) in [5.41, 5.74) is 1.74. The van der Waals surface area contributed by atoms with Crippen molar-refractivity contribution in [2.45, 2.75) is 44.7 Å². The molecule has 0 amide bonds. The molecular formula is C19H29N3O. The molecule has 4 rings (SSSR count). The van der Waals surface area contributed by atoms with Crippen molar-refractivity contribution in [3.05, 3.63) is 30.1 Å². The van der Waals surface area contributed by atoms with Crippen molar-refractivity contribution in [2.24, 2.45) is 5.41 Å². The van der Waals surface area contributed by atoms with Crippen LogP contribution in [0.1, 0.15) is 37.8 Å². The molecule has 0 aromatic carbocycles. The van der Waals surface area contributed by atoms with Gasteiger partial charge in [0.15, 0.2) is 0 Å². The minimum Gasteiger partial charge on any atom is -0.381 e. The Morgan fingerprint density at radius 2 is 2.04 bits per heavy atom. The van der Waals surface area contributed by atoms with E-state index in [1.807, 2.05) is 12.3 Å². The second-order valence-corrected chi connectivity index (χ2v) is 7.70. The van der Waals surface area contributed by atoms with Crippen molar-refractivity contribution >= 4 is 0 Å². The maximum Gasteiger partial charge on any atom is 0.0543 e. The summed E-state index contributed by atoms with van der Waals surface area (Å²) in [6.45, 7) is 8.01. The molecule has 0 bridgehead atoms. The number of aromatic nitrogens is 1. The lowest BCUT2D eigenvalue weighted by molar-refractivity contribution is 0.0301. The second-order valence-electron chi connectivity index (χ2n) is 7.70. The highest BCUT2D eigenvalue weighted by atomic mass is 16.5. The average Bonchev–Trinajstić information content (AvgIpc) is 3.00. The fraction of sp³-hybridized carbons (Fsp3) is 0.737. The van der Waals surface area contributed by atoms with E-state index in [-0.39, 0.29) is 0 Å². The first kappa shape index (κ1) is 15.6. The molecule has 1 atom stereocenters. The minimum absolute atomic E-state index is 0.533. The second kappa shape index (κ2) is 6.88. The number of nitrogens with zero attached hydrogens (tertiary/aromatic N) is 3. The molecule has 23 heavy (non-hydrogen) atoms. The molecule has 0 radical (unpaired) electrons. The van der Waals surface area contributed by atoms with Crippen LogP contribution in [0.5, 0.6) is 0 Å². The average molecular weight is 315 g/mol. The van der Waals surface area contributed by atoms with Crippen LogP contribution in [0.3, 0.4) is 0 Å². The number of hydrogen-bond acceptors (Lipinski definition) is 4. The molecular weight excluding hydrogens is 286 g/mol. The van der Waals surface area contributed by atoms with Crippen molar-refractivity contribution in [3.63, 3.8) is 0 Å². The van der Waals surface area contributed by atoms with Crippen molar-refractivity contribution in [2.75, 3.05) is 39.4 Å². The molecule has 4 heteroatoms. The molecule has 3 aliphatic rings. The lowest BCUT2D eigenvalue weighted by Crippen LogP contribution is -2.46. The van der Waals surface area contributed by atoms with E-state index in [1.165, 1.54) is 64.0 Å². The molecule has 0 N–H and O–H groups in total. The van der Waals surface area contributed by atoms with Gasteiger partial charge in [0.1, 0.15) is 0 Å². The topological polar surface area (TPSA) is 28.6 Å². The molecule has 4 heterocycles. The Kier molecular flexibility index (Phi) is 4.65. The van der Waals surface area contributed by atoms with Crippen LogP contribution in [-0.4, -0.2) is 60.2 Å². The number of rotatable bonds is 3. The normalized spacial score (nSPS) is 31.0. The number of likely N-dealkylation sites (tertiary alicyclic amines) is 2. The van der Waals surface area contributed by atoms with Gasteiger partial charge in [0, 0.05) is 45.1 Å². The van der Waals surface area contributed by atoms with Crippen LogP contribution in [0.4, 0.5) is 0 Å². The smallest absolute Gasteiger partial charge is 0.0543 e. The summed E-state index contributed by atoms with van der Waals surface area (Å²) in [7, 11) is 0. The van der Waals surface area contributed by atoms with Crippen molar-refractivity contribution in [1.29, 1.82) is 0 Å². The van der Waals surface area contributed by atoms with Crippen LogP contribution in [0.2, 0.25) is 0 Å². The van der Waals surface area contributed by atoms with Crippen LogP contribution < -0.4 is 0 Å². The van der Waals surface area contributed by atoms with Gasteiger partial charge in [0.2, 0.25) is 0 Å². The highest BCUT2D eigenvalue weighted by molar-refractivity contribution is 5.04. The van der Waals surface area contributed by atoms with Gasteiger partial charge in [-0.2, -0.15) is 0 Å². The third kappa shape index (κ3) is 3.59. The Labute approximate surface area is 139 Å². The molecule has 3 saturated heterocycles. The molecule has 126 valence electrons. The van der Waals surface area contributed by atoms with E-state index in [0.717, 1.165) is 25.8 Å². The fourth-order valence-corrected chi connectivity index (χ4v) is 4.83. The first-order valence-corrected chi connectivity index (χ1v) is 9.27. The summed E-state index contributed by atoms with van der Waals surface area (Å²) in [5.74, 6) is 0. The van der Waals surface area contributed by atoms with Crippen LogP contribution >= 0.6 is 0 Å². The van der Waals surface area contributed by atoms with Crippen molar-refractivity contribution < 1.29 is 4.74 Å². The molecule has 1 spiro atoms. The highest BCUT2D eigenvalue weighted by Gasteiger charge is 2.43. The van der Waals surface area contributed by atoms with Crippen molar-refractivity contribution in [3.8, 4) is 0 Å². The monoisotopic (exact) mass is 315 g/mol. The Hall–Kier alpha value is -0.970. The summed E-state index contributed by atoms with van der Waals surface area (Å²) in [6.07, 6.45) is 8.50. The van der Waals surface area contributed by atoms with Gasteiger partial charge in [-0.05, 0) is 62.7 Å². The molecule has 3 aliphatic heterocycles. The van der Waals surface area contributed by atoms with E-state index < -0.39 is 0 Å². The standard InChI is InChI=1S/C19H29N3O/c1-2-9-20-17(4-1)14-21-10-3-7-19(15-21)8-11-22(16-19)18-5-12-23-13-6-18/h1-2,4,9,18H,3,5-8,10-16H2/t19-/m0/s1. The van der Waals surface area contributed by atoms with Gasteiger partial charge >= 0.3 is 0 Å². The zero-order valence-electron chi connectivity index (χ0n) is 14.1. The molecule has 3 fully saturated rings. The Balaban J connectivity index is 1.37. The Bertz CT molecular complexity index is 503. The molecule has 4 nitrogen and oxygen atoms in total. The van der Waals surface area contributed by atoms with E-state index in [2.05, 4.69) is 26.9 Å². The third-order valence-electron chi connectivity index (χ3n) is 6.03. The fourth-order valence-electron chi connectivity index (χ4n) is 4.83. The van der Waals surface area contributed by atoms with Gasteiger partial charge < -0.3 is 4.74 Å². The minimum atomic E-state index is 0.533. The summed E-state index contributed by atoms with van der Waals surface area (Å²) in [5, 5.41) is 0. The van der Waals surface area contributed by atoms with Crippen LogP contribution in [0, 0.1) is 5.41 Å². The predicted octanol–water partition coefficient (Wildman–Crippen LogP) is 2.55. The highest BCUT2D eigenvalue weighted by Crippen LogP contribution is 2.40. The zero-order valence-corrected chi connectivity index (χ0v) is 14.1. The van der Waals surface area contributed by atoms with Gasteiger partial charge in [-0.1, -0.05) is 6.07 Å². The summed E-state index contributed by atoms with van der Waals surface area (Å²) >= 11 is 0. The maximum absolute atomic E-state index is 5.54. The van der Waals surface area contributed by atoms with Gasteiger partial charge in [-0.25, -0.2) is 0 Å². The number of ether oxygens (including phenoxy) is 1. The summed E-state index contributed by atoms with van der Waals surface area (Å²) in [6, 6.07) is 7.04. The van der Waals surface area contributed by atoms with E-state index in [9.17, 15) is 0 Å². The van der Waals surface area contributed by atoms with Crippen molar-refractivity contribution in [1.82, 2.24) is 14.8 Å². The maximum atomic E-state index is 5.54. The molecule has 0 saturated carbocycles. The number of hydrogen-bond donors (Lipinski definition) is 0. The predicted molar refractivity (Wildman–Crippen MR) is 91.2 cm³/mol. The van der Waals surface area contributed by atoms with Crippen LogP contribution in [0.15, 0.2) is 24.4 Å². The van der Waals surface area contributed by atoms with E-state index in [4.69, 9.17) is 4.74 Å². The van der Waals surface area contributed by atoms with Gasteiger partial charge in [-0.3, -0.25) is 14.8 Å². The lowest BCUT2D eigenvalue weighted by atomic mass is 9.79. The Morgan fingerprint density at radius 3 is 2.87 bits per heavy atom. The number of piperidine rings is 1. The van der Waals surface area contributed by atoms with Gasteiger partial charge in [-0.15, -0.1) is 0 Å². The van der Waals surface area contributed by atoms with Gasteiger partial charge in [0.05, 0.1) is 5.69 Å². The van der Waals surface area contributed by atoms with Crippen LogP contribution in [0.25, 0.3) is 0 Å². The molecule has 0 unspecified atom stereocenters. The van der Waals surface area contributed by atoms with E-state index in [0.29, 0.717) is 5.41 Å². The zero-order chi connectivity index (χ0) is 15.5. The molecule has 1 aromatic heterocycles. The summed E-state index contributed by atoms with van der Waals surface area (Å²) in [4.78, 5) is 9.92. The quantitative estimate of drug-likeness (QED) is 0.857. The van der Waals surface area contributed by atoms with Crippen LogP contribution in [-0.2, 0) is 11.3 Å². The SMILES string of the molecule is c1ccc(CN2CCC[C@]3(CCN(C4CCOCC4)C3)C2)nc1. The largest absolute Gasteiger partial charge is 0.381 e. The first-order valence-electron chi connectivity index (χ1n) is 9.27. The summed E-state index contributed by atoms with van der Waals surface area (Å²) < 4.78 is 5.54. The Morgan fingerprint density at radius 1 is 1.13 bits per heavy atom.